The number of hydrogen-bond donors (Lipinski definition) is 2. The van der Waals surface area contributed by atoms with Crippen molar-refractivity contribution in [1.82, 2.24) is 0 Å². The van der Waals surface area contributed by atoms with Crippen molar-refractivity contribution < 1.29 is 10.2 Å². The molecule has 3 heteroatoms. The zero-order chi connectivity index (χ0) is 7.40. The summed E-state index contributed by atoms with van der Waals surface area (Å²) in [5, 5.41) is 17.2. The molecule has 0 fully saturated rings. The highest BCUT2D eigenvalue weighted by molar-refractivity contribution is 7.11. The van der Waals surface area contributed by atoms with Crippen molar-refractivity contribution >= 4 is 11.3 Å². The van der Waals surface area contributed by atoms with E-state index in [2.05, 4.69) is 0 Å². The second kappa shape index (κ2) is 3.71. The van der Waals surface area contributed by atoms with E-state index < -0.39 is 0 Å². The first-order valence-corrected chi connectivity index (χ1v) is 3.97. The first kappa shape index (κ1) is 7.72. The van der Waals surface area contributed by atoms with Crippen LogP contribution in [0.2, 0.25) is 0 Å². The third kappa shape index (κ3) is 1.80. The molecule has 0 unspecified atom stereocenters. The molecule has 56 valence electrons. The van der Waals surface area contributed by atoms with Crippen LogP contribution in [0, 0.1) is 0 Å². The summed E-state index contributed by atoms with van der Waals surface area (Å²) < 4.78 is 0. The lowest BCUT2D eigenvalue weighted by Crippen LogP contribution is -1.84. The van der Waals surface area contributed by atoms with E-state index in [1.165, 1.54) is 0 Å². The molecule has 1 heterocycles. The molecule has 0 atom stereocenters. The fraction of sp³-hybridized carbons (Fsp3) is 0.429. The van der Waals surface area contributed by atoms with Crippen molar-refractivity contribution in [3.05, 3.63) is 21.9 Å². The molecule has 0 bridgehead atoms. The number of hydrogen-bond acceptors (Lipinski definition) is 3. The Morgan fingerprint density at radius 1 is 1.20 bits per heavy atom. The molecule has 0 amide bonds. The van der Waals surface area contributed by atoms with E-state index in [9.17, 15) is 0 Å². The fourth-order valence-electron chi connectivity index (χ4n) is 0.752. The second-order valence-electron chi connectivity index (χ2n) is 2.00. The van der Waals surface area contributed by atoms with Crippen LogP contribution in [0.25, 0.3) is 0 Å². The molecular formula is C7H10O2S. The Balaban J connectivity index is 2.59. The van der Waals surface area contributed by atoms with E-state index in [1.807, 2.05) is 12.1 Å². The summed E-state index contributed by atoms with van der Waals surface area (Å²) in [4.78, 5) is 2.09. The number of aliphatic hydroxyl groups excluding tert-OH is 2. The molecule has 0 aliphatic rings. The molecule has 0 aromatic carbocycles. The van der Waals surface area contributed by atoms with Gasteiger partial charge in [0.15, 0.2) is 0 Å². The summed E-state index contributed by atoms with van der Waals surface area (Å²) in [5.41, 5.74) is 0. The van der Waals surface area contributed by atoms with Crippen molar-refractivity contribution in [3.8, 4) is 0 Å². The predicted octanol–water partition coefficient (Wildman–Crippen LogP) is 0.775. The maximum Gasteiger partial charge on any atom is 0.0774 e. The van der Waals surface area contributed by atoms with Crippen molar-refractivity contribution in [2.75, 3.05) is 6.61 Å². The largest absolute Gasteiger partial charge is 0.396 e. The normalized spacial score (nSPS) is 10.2. The average Bonchev–Trinajstić information content (AvgIpc) is 2.37. The van der Waals surface area contributed by atoms with E-state index in [0.29, 0.717) is 6.42 Å². The molecule has 2 N–H and O–H groups in total. The van der Waals surface area contributed by atoms with Gasteiger partial charge in [-0.25, -0.2) is 0 Å². The van der Waals surface area contributed by atoms with Gasteiger partial charge in [0, 0.05) is 22.8 Å². The summed E-state index contributed by atoms with van der Waals surface area (Å²) >= 11 is 1.55. The molecule has 0 saturated carbocycles. The highest BCUT2D eigenvalue weighted by Crippen LogP contribution is 2.16. The van der Waals surface area contributed by atoms with Crippen LogP contribution in [0.3, 0.4) is 0 Å². The first-order valence-electron chi connectivity index (χ1n) is 3.16. The molecular weight excluding hydrogens is 148 g/mol. The maximum atomic E-state index is 8.67. The van der Waals surface area contributed by atoms with Crippen LogP contribution in [-0.2, 0) is 13.0 Å². The summed E-state index contributed by atoms with van der Waals surface area (Å²) in [6, 6.07) is 3.82. The van der Waals surface area contributed by atoms with Crippen molar-refractivity contribution in [2.45, 2.75) is 13.0 Å². The summed E-state index contributed by atoms with van der Waals surface area (Å²) in [6.45, 7) is 0.293. The van der Waals surface area contributed by atoms with Crippen molar-refractivity contribution in [1.29, 1.82) is 0 Å². The van der Waals surface area contributed by atoms with Crippen LogP contribution in [0.1, 0.15) is 9.75 Å². The van der Waals surface area contributed by atoms with Gasteiger partial charge in [-0.05, 0) is 12.1 Å². The Morgan fingerprint density at radius 2 is 1.90 bits per heavy atom. The lowest BCUT2D eigenvalue weighted by molar-refractivity contribution is 0.285. The van der Waals surface area contributed by atoms with Gasteiger partial charge in [0.1, 0.15) is 0 Å². The van der Waals surface area contributed by atoms with Gasteiger partial charge in [0.25, 0.3) is 0 Å². The number of aliphatic hydroxyl groups is 2. The topological polar surface area (TPSA) is 40.5 Å². The smallest absolute Gasteiger partial charge is 0.0774 e. The van der Waals surface area contributed by atoms with E-state index in [0.717, 1.165) is 9.75 Å². The molecule has 0 saturated heterocycles. The Hall–Kier alpha value is -0.380. The summed E-state index contributed by atoms with van der Waals surface area (Å²) in [5.74, 6) is 0. The van der Waals surface area contributed by atoms with Gasteiger partial charge in [-0.2, -0.15) is 0 Å². The molecule has 0 radical (unpaired) electrons. The minimum atomic E-state index is 0.107. The zero-order valence-electron chi connectivity index (χ0n) is 5.58. The third-order valence-electron chi connectivity index (χ3n) is 1.23. The van der Waals surface area contributed by atoms with Crippen molar-refractivity contribution in [2.24, 2.45) is 0 Å². The van der Waals surface area contributed by atoms with Crippen LogP contribution in [0.15, 0.2) is 12.1 Å². The van der Waals surface area contributed by atoms with E-state index in [1.54, 1.807) is 11.3 Å². The standard InChI is InChI=1S/C7H10O2S/c8-4-3-6-1-2-7(5-9)10-6/h1-2,8-9H,3-5H2. The van der Waals surface area contributed by atoms with E-state index in [-0.39, 0.29) is 13.2 Å². The average molecular weight is 158 g/mol. The Bertz CT molecular complexity index is 195. The van der Waals surface area contributed by atoms with Crippen molar-refractivity contribution in [3.63, 3.8) is 0 Å². The molecule has 2 nitrogen and oxygen atoms in total. The first-order chi connectivity index (χ1) is 4.86. The monoisotopic (exact) mass is 158 g/mol. The van der Waals surface area contributed by atoms with Gasteiger partial charge in [-0.3, -0.25) is 0 Å². The third-order valence-corrected chi connectivity index (χ3v) is 2.36. The number of thiophene rings is 1. The van der Waals surface area contributed by atoms with Crippen LogP contribution < -0.4 is 0 Å². The number of rotatable bonds is 3. The minimum Gasteiger partial charge on any atom is -0.396 e. The molecule has 10 heavy (non-hydrogen) atoms. The van der Waals surface area contributed by atoms with Gasteiger partial charge >= 0.3 is 0 Å². The quantitative estimate of drug-likeness (QED) is 0.682. The second-order valence-corrected chi connectivity index (χ2v) is 3.25. The van der Waals surface area contributed by atoms with Gasteiger partial charge in [0.05, 0.1) is 6.61 Å². The van der Waals surface area contributed by atoms with Crippen LogP contribution in [0.5, 0.6) is 0 Å². The van der Waals surface area contributed by atoms with E-state index >= 15 is 0 Å². The van der Waals surface area contributed by atoms with E-state index in [4.69, 9.17) is 10.2 Å². The Kier molecular flexibility index (Phi) is 2.86. The highest BCUT2D eigenvalue weighted by atomic mass is 32.1. The summed E-state index contributed by atoms with van der Waals surface area (Å²) in [7, 11) is 0. The van der Waals surface area contributed by atoms with Crippen LogP contribution >= 0.6 is 11.3 Å². The molecule has 0 spiro atoms. The highest BCUT2D eigenvalue weighted by Gasteiger charge is 1.96. The fourth-order valence-corrected chi connectivity index (χ4v) is 1.62. The van der Waals surface area contributed by atoms with Crippen LogP contribution in [-0.4, -0.2) is 16.8 Å². The van der Waals surface area contributed by atoms with Crippen LogP contribution in [0.4, 0.5) is 0 Å². The molecule has 1 rings (SSSR count). The maximum absolute atomic E-state index is 8.67. The van der Waals surface area contributed by atoms with Gasteiger partial charge in [-0.15, -0.1) is 11.3 Å². The minimum absolute atomic E-state index is 0.107. The predicted molar refractivity (Wildman–Crippen MR) is 41.0 cm³/mol. The molecule has 0 aliphatic carbocycles. The zero-order valence-corrected chi connectivity index (χ0v) is 6.40. The Morgan fingerprint density at radius 3 is 2.40 bits per heavy atom. The van der Waals surface area contributed by atoms with Gasteiger partial charge in [0.2, 0.25) is 0 Å². The lowest BCUT2D eigenvalue weighted by Gasteiger charge is -1.87. The lowest BCUT2D eigenvalue weighted by atomic mass is 10.3. The molecule has 1 aromatic rings. The van der Waals surface area contributed by atoms with Gasteiger partial charge in [-0.1, -0.05) is 0 Å². The molecule has 1 aromatic heterocycles. The Labute approximate surface area is 63.8 Å². The summed E-state index contributed by atoms with van der Waals surface area (Å²) in [6.07, 6.45) is 0.699. The molecule has 0 aliphatic heterocycles. The van der Waals surface area contributed by atoms with Gasteiger partial charge < -0.3 is 10.2 Å². The SMILES string of the molecule is OCCc1ccc(CO)s1.